The van der Waals surface area contributed by atoms with Crippen LogP contribution in [0, 0.1) is 0 Å². The number of anilines is 2. The van der Waals surface area contributed by atoms with Crippen molar-refractivity contribution in [3.05, 3.63) is 59.2 Å². The Labute approximate surface area is 200 Å². The molecule has 0 saturated carbocycles. The van der Waals surface area contributed by atoms with Gasteiger partial charge < -0.3 is 20.1 Å². The Kier molecular flexibility index (Phi) is 6.27. The summed E-state index contributed by atoms with van der Waals surface area (Å²) in [6.07, 6.45) is -2.80. The molecular weight excluding hydrogens is 463 g/mol. The number of carbonyl (C=O) groups is 2. The highest BCUT2D eigenvalue weighted by Gasteiger charge is 2.35. The lowest BCUT2D eigenvalue weighted by Gasteiger charge is -2.35. The average Bonchev–Trinajstić information content (AvgIpc) is 2.76. The predicted octanol–water partition coefficient (Wildman–Crippen LogP) is 4.65. The number of aliphatic hydroxyl groups is 1. The van der Waals surface area contributed by atoms with Crippen LogP contribution in [0.15, 0.2) is 42.5 Å². The maximum atomic E-state index is 13.2. The Morgan fingerprint density at radius 2 is 1.97 bits per heavy atom. The summed E-state index contributed by atoms with van der Waals surface area (Å²) >= 11 is 0. The van der Waals surface area contributed by atoms with E-state index in [0.29, 0.717) is 35.5 Å². The van der Waals surface area contributed by atoms with E-state index in [2.05, 4.69) is 5.32 Å². The van der Waals surface area contributed by atoms with Crippen molar-refractivity contribution in [2.75, 3.05) is 30.4 Å². The van der Waals surface area contributed by atoms with Gasteiger partial charge in [0.1, 0.15) is 11.4 Å². The first-order chi connectivity index (χ1) is 16.4. The van der Waals surface area contributed by atoms with Crippen LogP contribution in [0.4, 0.5) is 29.3 Å². The maximum Gasteiger partial charge on any atom is 0.416 e. The Morgan fingerprint density at radius 3 is 2.66 bits per heavy atom. The quantitative estimate of drug-likeness (QED) is 0.613. The number of β-amino-alcohol motifs (C(OH)–C–C–N with tert-alkyl or cyclic N) is 1. The lowest BCUT2D eigenvalue weighted by Crippen LogP contribution is -2.46. The smallest absolute Gasteiger partial charge is 0.416 e. The van der Waals surface area contributed by atoms with E-state index >= 15 is 0 Å². The average molecular weight is 489 g/mol. The molecule has 35 heavy (non-hydrogen) atoms. The fourth-order valence-electron chi connectivity index (χ4n) is 4.37. The van der Waals surface area contributed by atoms with E-state index in [1.165, 1.54) is 21.9 Å². The molecule has 0 radical (unpaired) electrons. The minimum Gasteiger partial charge on any atom is -0.487 e. The molecule has 0 fully saturated rings. The van der Waals surface area contributed by atoms with E-state index in [9.17, 15) is 22.8 Å². The summed E-state index contributed by atoms with van der Waals surface area (Å²) in [5, 5.41) is 11.9. The van der Waals surface area contributed by atoms with Crippen LogP contribution in [0.2, 0.25) is 0 Å². The van der Waals surface area contributed by atoms with Crippen LogP contribution in [0.1, 0.15) is 37.0 Å². The third-order valence-corrected chi connectivity index (χ3v) is 5.97. The summed E-state index contributed by atoms with van der Waals surface area (Å²) < 4.78 is 45.2. The summed E-state index contributed by atoms with van der Waals surface area (Å²) in [4.78, 5) is 28.3. The number of hydrogen-bond acceptors (Lipinski definition) is 4. The Balaban J connectivity index is 1.58. The molecule has 2 aliphatic rings. The first-order valence-electron chi connectivity index (χ1n) is 11.1. The topological polar surface area (TPSA) is 82.1 Å². The molecule has 186 valence electrons. The molecule has 0 spiro atoms. The molecule has 0 bridgehead atoms. The summed E-state index contributed by atoms with van der Waals surface area (Å²) in [7, 11) is 1.62. The van der Waals surface area contributed by atoms with Crippen LogP contribution in [-0.4, -0.2) is 47.7 Å². The third-order valence-electron chi connectivity index (χ3n) is 5.97. The van der Waals surface area contributed by atoms with Crippen LogP contribution in [0.5, 0.6) is 5.75 Å². The molecule has 0 aliphatic carbocycles. The number of nitrogens with one attached hydrogen (secondary N) is 1. The van der Waals surface area contributed by atoms with Crippen LogP contribution in [-0.2, 0) is 17.5 Å². The summed E-state index contributed by atoms with van der Waals surface area (Å²) in [6, 6.07) is 8.21. The predicted molar refractivity (Wildman–Crippen MR) is 125 cm³/mol. The molecule has 2 aromatic carbocycles. The molecule has 3 amide bonds. The summed E-state index contributed by atoms with van der Waals surface area (Å²) in [5.74, 6) is -0.369. The van der Waals surface area contributed by atoms with Gasteiger partial charge in [0.2, 0.25) is 5.91 Å². The minimum absolute atomic E-state index is 0.0801. The van der Waals surface area contributed by atoms with Gasteiger partial charge in [-0.05, 0) is 49.2 Å². The molecule has 0 atom stereocenters. The number of urea groups is 1. The van der Waals surface area contributed by atoms with Crippen LogP contribution in [0.3, 0.4) is 0 Å². The van der Waals surface area contributed by atoms with Gasteiger partial charge in [-0.3, -0.25) is 9.69 Å². The van der Waals surface area contributed by atoms with Crippen molar-refractivity contribution < 1.29 is 32.6 Å². The SMILES string of the molecule is CN1C(=O)N(CCO)Cc2ccc(NC(=O)/C=C3\CC(C)(C)Oc4cc(C(F)(F)F)ccc43)cc21. The highest BCUT2D eigenvalue weighted by atomic mass is 19.4. The van der Waals surface area contributed by atoms with Crippen molar-refractivity contribution in [2.24, 2.45) is 0 Å². The maximum absolute atomic E-state index is 13.2. The van der Waals surface area contributed by atoms with Crippen LogP contribution < -0.4 is 15.0 Å². The zero-order valence-corrected chi connectivity index (χ0v) is 19.6. The Bertz CT molecular complexity index is 1210. The number of aliphatic hydroxyl groups excluding tert-OH is 1. The summed E-state index contributed by atoms with van der Waals surface area (Å²) in [5.41, 5.74) is 1.38. The van der Waals surface area contributed by atoms with E-state index in [1.807, 2.05) is 0 Å². The van der Waals surface area contributed by atoms with Gasteiger partial charge in [0, 0.05) is 43.9 Å². The lowest BCUT2D eigenvalue weighted by atomic mass is 9.88. The fourth-order valence-corrected chi connectivity index (χ4v) is 4.37. The van der Waals surface area contributed by atoms with E-state index in [1.54, 1.807) is 39.1 Å². The molecule has 0 aromatic heterocycles. The number of ether oxygens (including phenoxy) is 1. The highest BCUT2D eigenvalue weighted by molar-refractivity contribution is 6.05. The number of amides is 3. The van der Waals surface area contributed by atoms with Gasteiger partial charge in [-0.1, -0.05) is 12.1 Å². The van der Waals surface area contributed by atoms with Crippen molar-refractivity contribution in [1.82, 2.24) is 4.90 Å². The molecule has 4 rings (SSSR count). The molecule has 2 N–H and O–H groups in total. The first-order valence-corrected chi connectivity index (χ1v) is 11.1. The van der Waals surface area contributed by atoms with Gasteiger partial charge in [-0.2, -0.15) is 13.2 Å². The van der Waals surface area contributed by atoms with E-state index < -0.39 is 23.2 Å². The third kappa shape index (κ3) is 5.12. The van der Waals surface area contributed by atoms with Crippen molar-refractivity contribution in [1.29, 1.82) is 0 Å². The molecular formula is C25H26F3N3O4. The number of rotatable bonds is 4. The molecule has 2 aromatic rings. The standard InChI is InChI=1S/C25H26F3N3O4/c1-24(2)13-16(19-7-5-17(25(26,27)28)11-21(19)35-24)10-22(33)29-18-6-4-15-14-31(8-9-32)23(34)30(3)20(15)12-18/h4-7,10-12,32H,8-9,13-14H2,1-3H3,(H,29,33)/b16-10+. The number of benzene rings is 2. The largest absolute Gasteiger partial charge is 0.487 e. The van der Waals surface area contributed by atoms with E-state index in [0.717, 1.165) is 17.7 Å². The first kappa shape index (κ1) is 24.6. The summed E-state index contributed by atoms with van der Waals surface area (Å²) in [6.45, 7) is 3.93. The Morgan fingerprint density at radius 1 is 1.23 bits per heavy atom. The number of nitrogens with zero attached hydrogens (tertiary/aromatic N) is 2. The van der Waals surface area contributed by atoms with Crippen molar-refractivity contribution in [3.8, 4) is 5.75 Å². The van der Waals surface area contributed by atoms with Crippen molar-refractivity contribution >= 4 is 28.9 Å². The number of halogens is 3. The van der Waals surface area contributed by atoms with Gasteiger partial charge in [-0.15, -0.1) is 0 Å². The molecule has 2 heterocycles. The second-order valence-corrected chi connectivity index (χ2v) is 9.24. The van der Waals surface area contributed by atoms with Gasteiger partial charge in [0.05, 0.1) is 17.9 Å². The van der Waals surface area contributed by atoms with Crippen LogP contribution in [0.25, 0.3) is 5.57 Å². The van der Waals surface area contributed by atoms with Crippen molar-refractivity contribution in [3.63, 3.8) is 0 Å². The molecule has 2 aliphatic heterocycles. The second kappa shape index (κ2) is 8.92. The number of hydrogen-bond donors (Lipinski definition) is 2. The number of fused-ring (bicyclic) bond motifs is 2. The van der Waals surface area contributed by atoms with Crippen LogP contribution >= 0.6 is 0 Å². The fraction of sp³-hybridized carbons (Fsp3) is 0.360. The minimum atomic E-state index is -4.50. The lowest BCUT2D eigenvalue weighted by molar-refractivity contribution is -0.137. The zero-order valence-electron chi connectivity index (χ0n) is 19.6. The van der Waals surface area contributed by atoms with Crippen molar-refractivity contribution in [2.45, 2.75) is 38.6 Å². The van der Waals surface area contributed by atoms with E-state index in [4.69, 9.17) is 9.84 Å². The number of alkyl halides is 3. The highest BCUT2D eigenvalue weighted by Crippen LogP contribution is 2.43. The van der Waals surface area contributed by atoms with E-state index in [-0.39, 0.29) is 24.9 Å². The normalized spacial score (nSPS) is 18.1. The molecule has 10 heteroatoms. The zero-order chi connectivity index (χ0) is 25.5. The van der Waals surface area contributed by atoms with Gasteiger partial charge in [0.15, 0.2) is 0 Å². The molecule has 7 nitrogen and oxygen atoms in total. The Hall–Kier alpha value is -3.53. The second-order valence-electron chi connectivity index (χ2n) is 9.24. The van der Waals surface area contributed by atoms with Gasteiger partial charge >= 0.3 is 12.2 Å². The van der Waals surface area contributed by atoms with Gasteiger partial charge in [0.25, 0.3) is 0 Å². The molecule has 0 unspecified atom stereocenters. The monoisotopic (exact) mass is 489 g/mol. The number of carbonyl (C=O) groups excluding carboxylic acids is 2. The molecule has 0 saturated heterocycles. The van der Waals surface area contributed by atoms with Gasteiger partial charge in [-0.25, -0.2) is 4.79 Å².